The molecular formula is C30H42N4O4. The normalized spacial score (nSPS) is 27.3. The summed E-state index contributed by atoms with van der Waals surface area (Å²) < 4.78 is 5.97. The van der Waals surface area contributed by atoms with Crippen LogP contribution in [0.4, 0.5) is 5.82 Å². The number of hydrogen-bond acceptors (Lipinski definition) is 7. The van der Waals surface area contributed by atoms with E-state index >= 15 is 0 Å². The third-order valence-corrected chi connectivity index (χ3v) is 8.79. The van der Waals surface area contributed by atoms with Crippen molar-refractivity contribution < 1.29 is 19.1 Å². The fourth-order valence-electron chi connectivity index (χ4n) is 6.76. The maximum atomic E-state index is 13.3. The Balaban J connectivity index is 1.18. The van der Waals surface area contributed by atoms with Gasteiger partial charge in [0.25, 0.3) is 0 Å². The van der Waals surface area contributed by atoms with Gasteiger partial charge in [0.1, 0.15) is 11.9 Å². The van der Waals surface area contributed by atoms with Gasteiger partial charge in [-0.15, -0.1) is 0 Å². The van der Waals surface area contributed by atoms with Crippen molar-refractivity contribution in [3.63, 3.8) is 0 Å². The number of pyridine rings is 1. The van der Waals surface area contributed by atoms with Crippen molar-refractivity contribution in [1.82, 2.24) is 14.8 Å². The van der Waals surface area contributed by atoms with Crippen LogP contribution in [0.5, 0.6) is 0 Å². The highest BCUT2D eigenvalue weighted by atomic mass is 16.5. The summed E-state index contributed by atoms with van der Waals surface area (Å²) in [6.07, 6.45) is 13.4. The molecular weight excluding hydrogens is 480 g/mol. The molecule has 1 saturated carbocycles. The summed E-state index contributed by atoms with van der Waals surface area (Å²) in [6, 6.07) is 5.93. The zero-order valence-electron chi connectivity index (χ0n) is 22.7. The topological polar surface area (TPSA) is 83.1 Å². The molecule has 5 rings (SSSR count). The number of hydrogen-bond donors (Lipinski definition) is 0. The Morgan fingerprint density at radius 3 is 2.29 bits per heavy atom. The van der Waals surface area contributed by atoms with Crippen molar-refractivity contribution in [2.45, 2.75) is 64.4 Å². The monoisotopic (exact) mass is 522 g/mol. The van der Waals surface area contributed by atoms with Crippen molar-refractivity contribution in [2.75, 3.05) is 44.2 Å². The van der Waals surface area contributed by atoms with Crippen molar-refractivity contribution in [3.8, 4) is 0 Å². The van der Waals surface area contributed by atoms with Gasteiger partial charge in [0.05, 0.1) is 18.4 Å². The molecule has 3 fully saturated rings. The molecule has 8 heteroatoms. The van der Waals surface area contributed by atoms with E-state index in [9.17, 15) is 14.4 Å². The van der Waals surface area contributed by atoms with Gasteiger partial charge >= 0.3 is 5.97 Å². The van der Waals surface area contributed by atoms with Crippen molar-refractivity contribution >= 4 is 23.6 Å². The van der Waals surface area contributed by atoms with Gasteiger partial charge in [-0.3, -0.25) is 24.2 Å². The molecule has 5 atom stereocenters. The third-order valence-electron chi connectivity index (χ3n) is 8.79. The second kappa shape index (κ2) is 12.4. The number of nitrogens with zero attached hydrogens (tertiary/aromatic N) is 4. The fourth-order valence-corrected chi connectivity index (χ4v) is 6.76. The minimum atomic E-state index is -0.513. The van der Waals surface area contributed by atoms with Crippen molar-refractivity contribution in [3.05, 3.63) is 36.5 Å². The molecule has 0 radical (unpaired) electrons. The molecule has 8 nitrogen and oxygen atoms in total. The predicted molar refractivity (Wildman–Crippen MR) is 145 cm³/mol. The number of aromatic nitrogens is 1. The Morgan fingerprint density at radius 2 is 1.63 bits per heavy atom. The number of piperazine rings is 1. The number of carbonyl (C=O) groups excluding carboxylic acids is 3. The van der Waals surface area contributed by atoms with E-state index in [-0.39, 0.29) is 48.0 Å². The van der Waals surface area contributed by atoms with Gasteiger partial charge in [-0.05, 0) is 36.8 Å². The Labute approximate surface area is 226 Å². The van der Waals surface area contributed by atoms with E-state index in [1.807, 2.05) is 24.4 Å². The van der Waals surface area contributed by atoms with Crippen LogP contribution in [0.3, 0.4) is 0 Å². The average molecular weight is 523 g/mol. The average Bonchev–Trinajstić information content (AvgIpc) is 3.62. The lowest BCUT2D eigenvalue weighted by Crippen LogP contribution is -2.51. The highest BCUT2D eigenvalue weighted by Gasteiger charge is 2.59. The number of amides is 2. The van der Waals surface area contributed by atoms with E-state index in [4.69, 9.17) is 4.74 Å². The predicted octanol–water partition coefficient (Wildman–Crippen LogP) is 3.67. The van der Waals surface area contributed by atoms with E-state index < -0.39 is 6.10 Å². The second-order valence-corrected chi connectivity index (χ2v) is 11.4. The molecule has 1 aromatic rings. The van der Waals surface area contributed by atoms with Gasteiger partial charge in [-0.1, -0.05) is 57.2 Å². The van der Waals surface area contributed by atoms with Gasteiger partial charge in [-0.2, -0.15) is 0 Å². The summed E-state index contributed by atoms with van der Waals surface area (Å²) in [4.78, 5) is 49.8. The number of unbranched alkanes of at least 4 members (excludes halogenated alkanes) is 5. The Kier molecular flexibility index (Phi) is 8.77. The van der Waals surface area contributed by atoms with E-state index in [1.54, 1.807) is 0 Å². The molecule has 0 spiro atoms. The van der Waals surface area contributed by atoms with Crippen molar-refractivity contribution in [1.29, 1.82) is 0 Å². The Morgan fingerprint density at radius 1 is 0.947 bits per heavy atom. The number of rotatable bonds is 13. The zero-order chi connectivity index (χ0) is 26.5. The fraction of sp³-hybridized carbons (Fsp3) is 0.667. The first kappa shape index (κ1) is 26.9. The van der Waals surface area contributed by atoms with Gasteiger partial charge in [0, 0.05) is 45.3 Å². The quantitative estimate of drug-likeness (QED) is 0.169. The van der Waals surface area contributed by atoms with Crippen LogP contribution in [0.1, 0.15) is 58.3 Å². The Hall–Kier alpha value is -2.74. The summed E-state index contributed by atoms with van der Waals surface area (Å²) in [5.41, 5.74) is 0. The molecule has 2 saturated heterocycles. The number of esters is 1. The molecule has 1 aromatic heterocycles. The molecule has 2 bridgehead atoms. The molecule has 2 aliphatic heterocycles. The zero-order valence-corrected chi connectivity index (χ0v) is 22.7. The van der Waals surface area contributed by atoms with E-state index in [1.165, 1.54) is 24.2 Å². The molecule has 2 amide bonds. The van der Waals surface area contributed by atoms with Gasteiger partial charge in [0.2, 0.25) is 11.8 Å². The number of carbonyl (C=O) groups is 3. The van der Waals surface area contributed by atoms with Crippen LogP contribution < -0.4 is 4.90 Å². The standard InChI is InChI=1S/C30H42N4O4/c1-2-3-4-5-6-7-11-26(35)38-24(20-32-15-17-33(18-16-32)25-10-8-9-14-31-25)21-34-29(36)27-22-12-13-23(19-22)28(27)30(34)37/h8-10,12-14,22-24,27-28H,2-7,11,15-21H2,1H3. The van der Waals surface area contributed by atoms with Gasteiger partial charge in [0.15, 0.2) is 0 Å². The van der Waals surface area contributed by atoms with Crippen LogP contribution in [0, 0.1) is 23.7 Å². The van der Waals surface area contributed by atoms with Crippen LogP contribution in [-0.4, -0.2) is 77.9 Å². The third kappa shape index (κ3) is 5.95. The summed E-state index contributed by atoms with van der Waals surface area (Å²) in [5, 5.41) is 0. The SMILES string of the molecule is CCCCCCCCC(=O)OC(CN1CCN(c2ccccn2)CC1)CN1C(=O)C2C3C=CC(C3)C2C1=O. The molecule has 5 unspecified atom stereocenters. The Bertz CT molecular complexity index is 977. The van der Waals surface area contributed by atoms with Gasteiger partial charge < -0.3 is 9.64 Å². The first-order valence-corrected chi connectivity index (χ1v) is 14.7. The van der Waals surface area contributed by atoms with E-state index in [0.29, 0.717) is 13.0 Å². The van der Waals surface area contributed by atoms with Crippen molar-refractivity contribution in [2.24, 2.45) is 23.7 Å². The summed E-state index contributed by atoms with van der Waals surface area (Å²) in [6.45, 7) is 6.15. The largest absolute Gasteiger partial charge is 0.459 e. The molecule has 38 heavy (non-hydrogen) atoms. The van der Waals surface area contributed by atoms with Crippen LogP contribution in [0.15, 0.2) is 36.5 Å². The molecule has 3 heterocycles. The lowest BCUT2D eigenvalue weighted by atomic mass is 9.85. The summed E-state index contributed by atoms with van der Waals surface area (Å²) in [7, 11) is 0. The molecule has 4 aliphatic rings. The first-order chi connectivity index (χ1) is 18.5. The lowest BCUT2D eigenvalue weighted by Gasteiger charge is -2.37. The number of allylic oxidation sites excluding steroid dienone is 2. The minimum absolute atomic E-state index is 0.0752. The number of imide groups is 1. The van der Waals surface area contributed by atoms with Crippen LogP contribution >= 0.6 is 0 Å². The molecule has 2 aliphatic carbocycles. The van der Waals surface area contributed by atoms with Crippen LogP contribution in [-0.2, 0) is 19.1 Å². The highest BCUT2D eigenvalue weighted by Crippen LogP contribution is 2.52. The maximum absolute atomic E-state index is 13.3. The first-order valence-electron chi connectivity index (χ1n) is 14.7. The molecule has 0 aromatic carbocycles. The summed E-state index contributed by atoms with van der Waals surface area (Å²) >= 11 is 0. The second-order valence-electron chi connectivity index (χ2n) is 11.4. The van der Waals surface area contributed by atoms with E-state index in [2.05, 4.69) is 33.9 Å². The van der Waals surface area contributed by atoms with Crippen LogP contribution in [0.25, 0.3) is 0 Å². The lowest BCUT2D eigenvalue weighted by molar-refractivity contribution is -0.155. The maximum Gasteiger partial charge on any atom is 0.306 e. The van der Waals surface area contributed by atoms with E-state index in [0.717, 1.165) is 57.7 Å². The minimum Gasteiger partial charge on any atom is -0.459 e. The number of fused-ring (bicyclic) bond motifs is 5. The molecule has 206 valence electrons. The number of likely N-dealkylation sites (tertiary alicyclic amines) is 1. The highest BCUT2D eigenvalue weighted by molar-refractivity contribution is 6.06. The number of anilines is 1. The number of ether oxygens (including phenoxy) is 1. The van der Waals surface area contributed by atoms with Crippen LogP contribution in [0.2, 0.25) is 0 Å². The smallest absolute Gasteiger partial charge is 0.306 e. The molecule has 0 N–H and O–H groups in total. The summed E-state index contributed by atoms with van der Waals surface area (Å²) in [5.74, 6) is 0.510. The van der Waals surface area contributed by atoms with Gasteiger partial charge in [-0.25, -0.2) is 4.98 Å².